The van der Waals surface area contributed by atoms with E-state index in [9.17, 15) is 0 Å². The summed E-state index contributed by atoms with van der Waals surface area (Å²) in [6.45, 7) is 7.36. The van der Waals surface area contributed by atoms with Crippen molar-refractivity contribution in [2.24, 2.45) is 5.92 Å². The number of hydrogen-bond donors (Lipinski definition) is 1. The second kappa shape index (κ2) is 8.28. The van der Waals surface area contributed by atoms with Crippen molar-refractivity contribution >= 4 is 5.69 Å². The van der Waals surface area contributed by atoms with E-state index >= 15 is 0 Å². The molecule has 0 amide bonds. The molecule has 3 nitrogen and oxygen atoms in total. The van der Waals surface area contributed by atoms with Crippen molar-refractivity contribution in [3.05, 3.63) is 29.8 Å². The van der Waals surface area contributed by atoms with Gasteiger partial charge in [-0.3, -0.25) is 0 Å². The highest BCUT2D eigenvalue weighted by Gasteiger charge is 2.16. The normalized spacial score (nSPS) is 19.9. The van der Waals surface area contributed by atoms with Gasteiger partial charge in [0.2, 0.25) is 0 Å². The summed E-state index contributed by atoms with van der Waals surface area (Å²) >= 11 is 0. The molecule has 0 spiro atoms. The lowest BCUT2D eigenvalue weighted by Gasteiger charge is -2.25. The van der Waals surface area contributed by atoms with E-state index in [1.807, 2.05) is 0 Å². The molecule has 1 saturated heterocycles. The van der Waals surface area contributed by atoms with Crippen LogP contribution in [0.5, 0.6) is 0 Å². The summed E-state index contributed by atoms with van der Waals surface area (Å²) in [7, 11) is 1.74. The smallest absolute Gasteiger partial charge is 0.0587 e. The van der Waals surface area contributed by atoms with E-state index in [4.69, 9.17) is 4.74 Å². The maximum atomic E-state index is 5.08. The molecule has 20 heavy (non-hydrogen) atoms. The van der Waals surface area contributed by atoms with Gasteiger partial charge in [0.1, 0.15) is 0 Å². The van der Waals surface area contributed by atoms with Crippen molar-refractivity contribution in [1.29, 1.82) is 0 Å². The third kappa shape index (κ3) is 4.50. The van der Waals surface area contributed by atoms with Crippen molar-refractivity contribution < 1.29 is 4.74 Å². The molecule has 3 heteroatoms. The minimum Gasteiger partial charge on any atom is -0.383 e. The highest BCUT2D eigenvalue weighted by atomic mass is 16.5. The second-order valence-corrected chi connectivity index (χ2v) is 5.82. The molecule has 1 aliphatic rings. The Morgan fingerprint density at radius 1 is 1.25 bits per heavy atom. The van der Waals surface area contributed by atoms with Gasteiger partial charge in [-0.2, -0.15) is 0 Å². The molecule has 0 saturated carbocycles. The number of anilines is 1. The van der Waals surface area contributed by atoms with E-state index in [0.29, 0.717) is 0 Å². The lowest BCUT2D eigenvalue weighted by atomic mass is 10.0. The van der Waals surface area contributed by atoms with Crippen molar-refractivity contribution in [3.8, 4) is 0 Å². The fraction of sp³-hybridized carbons (Fsp3) is 0.647. The molecule has 1 fully saturated rings. The minimum atomic E-state index is 0.767. The third-order valence-corrected chi connectivity index (χ3v) is 4.15. The summed E-state index contributed by atoms with van der Waals surface area (Å²) < 4.78 is 5.08. The van der Waals surface area contributed by atoms with Gasteiger partial charge in [-0.15, -0.1) is 0 Å². The summed E-state index contributed by atoms with van der Waals surface area (Å²) in [5.74, 6) is 0.868. The topological polar surface area (TPSA) is 24.5 Å². The average Bonchev–Trinajstić information content (AvgIpc) is 2.69. The van der Waals surface area contributed by atoms with Crippen LogP contribution in [0.15, 0.2) is 24.3 Å². The fourth-order valence-electron chi connectivity index (χ4n) is 2.87. The molecule has 1 aliphatic heterocycles. The van der Waals surface area contributed by atoms with Crippen LogP contribution in [0.3, 0.4) is 0 Å². The summed E-state index contributed by atoms with van der Waals surface area (Å²) in [4.78, 5) is 2.57. The number of para-hydroxylation sites is 1. The van der Waals surface area contributed by atoms with Crippen LogP contribution in [0.2, 0.25) is 0 Å². The monoisotopic (exact) mass is 276 g/mol. The van der Waals surface area contributed by atoms with E-state index in [1.165, 1.54) is 43.6 Å². The van der Waals surface area contributed by atoms with E-state index in [1.54, 1.807) is 7.11 Å². The van der Waals surface area contributed by atoms with E-state index in [-0.39, 0.29) is 0 Å². The minimum absolute atomic E-state index is 0.767. The van der Waals surface area contributed by atoms with Crippen LogP contribution < -0.4 is 10.2 Å². The number of ether oxygens (including phenoxy) is 1. The van der Waals surface area contributed by atoms with Crippen LogP contribution in [0, 0.1) is 5.92 Å². The van der Waals surface area contributed by atoms with Crippen molar-refractivity contribution in [3.63, 3.8) is 0 Å². The molecule has 1 aromatic rings. The lowest BCUT2D eigenvalue weighted by Crippen LogP contribution is -2.27. The Balaban J connectivity index is 1.99. The predicted molar refractivity (Wildman–Crippen MR) is 85.3 cm³/mol. The Labute approximate surface area is 123 Å². The average molecular weight is 276 g/mol. The van der Waals surface area contributed by atoms with Gasteiger partial charge in [-0.1, -0.05) is 25.1 Å². The van der Waals surface area contributed by atoms with Gasteiger partial charge in [0.15, 0.2) is 0 Å². The number of benzene rings is 1. The highest BCUT2D eigenvalue weighted by molar-refractivity contribution is 5.53. The van der Waals surface area contributed by atoms with Crippen molar-refractivity contribution in [2.75, 3.05) is 38.3 Å². The van der Waals surface area contributed by atoms with Crippen LogP contribution in [-0.4, -0.2) is 33.4 Å². The van der Waals surface area contributed by atoms with Gasteiger partial charge in [-0.25, -0.2) is 0 Å². The van der Waals surface area contributed by atoms with Gasteiger partial charge in [-0.05, 0) is 36.8 Å². The number of hydrogen-bond acceptors (Lipinski definition) is 3. The standard InChI is InChI=1S/C17H28N2O/c1-15-6-5-11-19(12-9-15)17-8-4-3-7-16(17)14-18-10-13-20-2/h3-4,7-8,15,18H,5-6,9-14H2,1-2H3. The van der Waals surface area contributed by atoms with Crippen LogP contribution >= 0.6 is 0 Å². The summed E-state index contributed by atoms with van der Waals surface area (Å²) in [6.07, 6.45) is 3.99. The molecular weight excluding hydrogens is 248 g/mol. The Bertz CT molecular complexity index is 394. The third-order valence-electron chi connectivity index (χ3n) is 4.15. The molecule has 1 atom stereocenters. The molecule has 1 N–H and O–H groups in total. The quantitative estimate of drug-likeness (QED) is 0.808. The SMILES string of the molecule is COCCNCc1ccccc1N1CCCC(C)CC1. The predicted octanol–water partition coefficient (Wildman–Crippen LogP) is 3.05. The van der Waals surface area contributed by atoms with Gasteiger partial charge in [0.25, 0.3) is 0 Å². The van der Waals surface area contributed by atoms with Crippen LogP contribution in [0.25, 0.3) is 0 Å². The number of methoxy groups -OCH3 is 1. The molecule has 2 rings (SSSR count). The van der Waals surface area contributed by atoms with Gasteiger partial charge in [0, 0.05) is 39.0 Å². The first-order chi connectivity index (χ1) is 9.81. The second-order valence-electron chi connectivity index (χ2n) is 5.82. The molecule has 112 valence electrons. The Kier molecular flexibility index (Phi) is 6.34. The van der Waals surface area contributed by atoms with Gasteiger partial charge < -0.3 is 15.0 Å². The summed E-state index contributed by atoms with van der Waals surface area (Å²) in [5.41, 5.74) is 2.81. The molecule has 1 aromatic carbocycles. The first-order valence-electron chi connectivity index (χ1n) is 7.83. The number of rotatable bonds is 6. The Morgan fingerprint density at radius 3 is 2.95 bits per heavy atom. The maximum Gasteiger partial charge on any atom is 0.0587 e. The molecule has 0 aromatic heterocycles. The summed E-state index contributed by atoms with van der Waals surface area (Å²) in [5, 5.41) is 3.45. The molecule has 1 heterocycles. The lowest BCUT2D eigenvalue weighted by molar-refractivity contribution is 0.199. The zero-order valence-electron chi connectivity index (χ0n) is 12.9. The van der Waals surface area contributed by atoms with E-state index in [0.717, 1.165) is 25.6 Å². The maximum absolute atomic E-state index is 5.08. The molecule has 0 bridgehead atoms. The number of nitrogens with zero attached hydrogens (tertiary/aromatic N) is 1. The Morgan fingerprint density at radius 2 is 2.10 bits per heavy atom. The first kappa shape index (κ1) is 15.3. The van der Waals surface area contributed by atoms with Crippen LogP contribution in [0.4, 0.5) is 5.69 Å². The van der Waals surface area contributed by atoms with Crippen molar-refractivity contribution in [1.82, 2.24) is 5.32 Å². The molecular formula is C17H28N2O. The fourth-order valence-corrected chi connectivity index (χ4v) is 2.87. The van der Waals surface area contributed by atoms with E-state index < -0.39 is 0 Å². The zero-order chi connectivity index (χ0) is 14.2. The largest absolute Gasteiger partial charge is 0.383 e. The van der Waals surface area contributed by atoms with Crippen LogP contribution in [0.1, 0.15) is 31.7 Å². The molecule has 1 unspecified atom stereocenters. The first-order valence-corrected chi connectivity index (χ1v) is 7.83. The van der Waals surface area contributed by atoms with E-state index in [2.05, 4.69) is 41.4 Å². The summed E-state index contributed by atoms with van der Waals surface area (Å²) in [6, 6.07) is 8.80. The molecule has 0 aliphatic carbocycles. The highest BCUT2D eigenvalue weighted by Crippen LogP contribution is 2.25. The Hall–Kier alpha value is -1.06. The molecule has 0 radical (unpaired) electrons. The van der Waals surface area contributed by atoms with Crippen LogP contribution in [-0.2, 0) is 11.3 Å². The van der Waals surface area contributed by atoms with Crippen molar-refractivity contribution in [2.45, 2.75) is 32.7 Å². The van der Waals surface area contributed by atoms with Gasteiger partial charge >= 0.3 is 0 Å². The zero-order valence-corrected chi connectivity index (χ0v) is 12.9. The van der Waals surface area contributed by atoms with Gasteiger partial charge in [0.05, 0.1) is 6.61 Å². The number of nitrogens with one attached hydrogen (secondary N) is 1.